The number of carbonyl (C=O) groups is 1. The summed E-state index contributed by atoms with van der Waals surface area (Å²) in [6.07, 6.45) is 0.876. The van der Waals surface area contributed by atoms with Crippen LogP contribution in [-0.4, -0.2) is 23.4 Å². The molecule has 3 aliphatic rings. The zero-order valence-corrected chi connectivity index (χ0v) is 17.7. The average molecular weight is 403 g/mol. The van der Waals surface area contributed by atoms with Crippen molar-refractivity contribution in [2.24, 2.45) is 15.7 Å². The molecular weight excluding hydrogens is 376 g/mol. The number of fused-ring (bicyclic) bond motifs is 1. The van der Waals surface area contributed by atoms with E-state index in [0.717, 1.165) is 28.9 Å². The summed E-state index contributed by atoms with van der Waals surface area (Å²) in [7, 11) is 0. The molecule has 0 aromatic heterocycles. The van der Waals surface area contributed by atoms with Crippen LogP contribution in [0.15, 0.2) is 52.4 Å². The predicted octanol–water partition coefficient (Wildman–Crippen LogP) is 3.17. The van der Waals surface area contributed by atoms with Gasteiger partial charge in [0.2, 0.25) is 5.96 Å². The molecule has 0 aliphatic carbocycles. The number of rotatable bonds is 1. The number of benzene rings is 2. The lowest BCUT2D eigenvalue weighted by Gasteiger charge is -2.43. The lowest BCUT2D eigenvalue weighted by molar-refractivity contribution is -0.123. The van der Waals surface area contributed by atoms with Gasteiger partial charge in [-0.25, -0.2) is 9.98 Å². The molecule has 7 heteroatoms. The molecule has 5 rings (SSSR count). The number of guanidine groups is 2. The molecule has 2 aromatic rings. The van der Waals surface area contributed by atoms with Crippen molar-refractivity contribution in [1.82, 2.24) is 5.32 Å². The van der Waals surface area contributed by atoms with E-state index in [0.29, 0.717) is 11.9 Å². The molecule has 3 aliphatic heterocycles. The van der Waals surface area contributed by atoms with Crippen LogP contribution in [0.1, 0.15) is 49.8 Å². The van der Waals surface area contributed by atoms with Gasteiger partial charge in [0.15, 0.2) is 5.96 Å². The van der Waals surface area contributed by atoms with Crippen LogP contribution in [-0.2, 0) is 10.5 Å². The predicted molar refractivity (Wildman–Crippen MR) is 120 cm³/mol. The van der Waals surface area contributed by atoms with Gasteiger partial charge in [-0.3, -0.25) is 10.1 Å². The second-order valence-corrected chi connectivity index (χ2v) is 9.05. The number of aryl methyl sites for hydroxylation is 1. The number of hydrogen-bond donors (Lipinski definition) is 3. The van der Waals surface area contributed by atoms with Crippen LogP contribution in [0.25, 0.3) is 0 Å². The SMILES string of the molecule is Cc1cc2c3c(c1)[C@@]1(N=C(N)NC(Nc4ccccc4)=N1)C(=O)N3C(C)(C)C[C@H]2C. The van der Waals surface area contributed by atoms with Gasteiger partial charge in [0, 0.05) is 16.8 Å². The fraction of sp³-hybridized carbons (Fsp3) is 0.348. The summed E-state index contributed by atoms with van der Waals surface area (Å²) < 4.78 is 0. The normalized spacial score (nSPS) is 26.1. The van der Waals surface area contributed by atoms with E-state index in [4.69, 9.17) is 10.7 Å². The van der Waals surface area contributed by atoms with Gasteiger partial charge in [0.1, 0.15) is 0 Å². The second kappa shape index (κ2) is 6.08. The first-order chi connectivity index (χ1) is 14.2. The first-order valence-corrected chi connectivity index (χ1v) is 10.3. The quantitative estimate of drug-likeness (QED) is 0.683. The van der Waals surface area contributed by atoms with E-state index in [-0.39, 0.29) is 17.4 Å². The Bertz CT molecular complexity index is 1120. The van der Waals surface area contributed by atoms with Crippen molar-refractivity contribution in [2.75, 3.05) is 10.2 Å². The maximum Gasteiger partial charge on any atom is 0.283 e. The monoisotopic (exact) mass is 402 g/mol. The van der Waals surface area contributed by atoms with E-state index >= 15 is 0 Å². The Balaban J connectivity index is 1.72. The van der Waals surface area contributed by atoms with E-state index < -0.39 is 5.66 Å². The topological polar surface area (TPSA) is 95.1 Å². The van der Waals surface area contributed by atoms with Gasteiger partial charge in [0.25, 0.3) is 11.6 Å². The van der Waals surface area contributed by atoms with Gasteiger partial charge in [-0.1, -0.05) is 36.8 Å². The molecule has 154 valence electrons. The summed E-state index contributed by atoms with van der Waals surface area (Å²) >= 11 is 0. The standard InChI is InChI=1S/C23H26N6O/c1-13-10-16-14(2)12-22(3,4)29-18(16)17(11-13)23(19(29)30)27-20(24)26-21(28-23)25-15-8-6-5-7-9-15/h5-11,14H,12H2,1-4H3,(H4,24,25,26,27,28)/t14-,23+/m1/s1. The summed E-state index contributed by atoms with van der Waals surface area (Å²) in [4.78, 5) is 25.2. The number of nitrogens with zero attached hydrogens (tertiary/aromatic N) is 3. The highest BCUT2D eigenvalue weighted by Gasteiger charge is 2.59. The summed E-state index contributed by atoms with van der Waals surface area (Å²) in [5.74, 6) is 0.751. The molecule has 3 heterocycles. The Hall–Kier alpha value is -3.35. The number of nitrogens with one attached hydrogen (secondary N) is 2. The Kier molecular flexibility index (Phi) is 3.78. The van der Waals surface area contributed by atoms with Crippen LogP contribution < -0.4 is 21.3 Å². The van der Waals surface area contributed by atoms with Crippen LogP contribution >= 0.6 is 0 Å². The third-order valence-corrected chi connectivity index (χ3v) is 6.17. The highest BCUT2D eigenvalue weighted by molar-refractivity contribution is 6.15. The minimum Gasteiger partial charge on any atom is -0.370 e. The van der Waals surface area contributed by atoms with Gasteiger partial charge in [-0.2, -0.15) is 0 Å². The molecule has 0 unspecified atom stereocenters. The molecule has 0 radical (unpaired) electrons. The third kappa shape index (κ3) is 2.54. The third-order valence-electron chi connectivity index (χ3n) is 6.17. The van der Waals surface area contributed by atoms with Crippen LogP contribution in [0.5, 0.6) is 0 Å². The molecule has 2 atom stereocenters. The van der Waals surface area contributed by atoms with Gasteiger partial charge in [0.05, 0.1) is 5.69 Å². The van der Waals surface area contributed by atoms with Crippen molar-refractivity contribution in [1.29, 1.82) is 0 Å². The number of hydrogen-bond acceptors (Lipinski definition) is 6. The smallest absolute Gasteiger partial charge is 0.283 e. The summed E-state index contributed by atoms with van der Waals surface area (Å²) in [6.45, 7) is 8.47. The highest BCUT2D eigenvalue weighted by atomic mass is 16.2. The number of nitrogens with two attached hydrogens (primary N) is 1. The molecule has 0 saturated carbocycles. The Labute approximate surface area is 176 Å². The number of aliphatic imine (C=N–C) groups is 2. The lowest BCUT2D eigenvalue weighted by atomic mass is 9.79. The first kappa shape index (κ1) is 18.7. The Morgan fingerprint density at radius 3 is 2.67 bits per heavy atom. The van der Waals surface area contributed by atoms with E-state index in [1.165, 1.54) is 5.56 Å². The highest BCUT2D eigenvalue weighted by Crippen LogP contribution is 2.55. The fourth-order valence-electron chi connectivity index (χ4n) is 5.07. The van der Waals surface area contributed by atoms with Crippen LogP contribution in [0.3, 0.4) is 0 Å². The van der Waals surface area contributed by atoms with Crippen molar-refractivity contribution < 1.29 is 4.79 Å². The number of amides is 1. The van der Waals surface area contributed by atoms with Crippen LogP contribution in [0.4, 0.5) is 11.4 Å². The van der Waals surface area contributed by atoms with Gasteiger partial charge < -0.3 is 16.0 Å². The van der Waals surface area contributed by atoms with Crippen LogP contribution in [0.2, 0.25) is 0 Å². The van der Waals surface area contributed by atoms with E-state index in [1.54, 1.807) is 0 Å². The Morgan fingerprint density at radius 1 is 1.20 bits per heavy atom. The zero-order valence-electron chi connectivity index (χ0n) is 17.7. The van der Waals surface area contributed by atoms with Crippen molar-refractivity contribution in [3.05, 3.63) is 59.2 Å². The lowest BCUT2D eigenvalue weighted by Crippen LogP contribution is -2.55. The van der Waals surface area contributed by atoms with Crippen LogP contribution in [0, 0.1) is 6.92 Å². The molecule has 1 spiro atoms. The second-order valence-electron chi connectivity index (χ2n) is 9.05. The largest absolute Gasteiger partial charge is 0.370 e. The Morgan fingerprint density at radius 2 is 1.93 bits per heavy atom. The molecule has 4 N–H and O–H groups in total. The van der Waals surface area contributed by atoms with Gasteiger partial charge >= 0.3 is 0 Å². The number of anilines is 2. The summed E-state index contributed by atoms with van der Waals surface area (Å²) in [5.41, 5.74) is 9.28. The van der Waals surface area contributed by atoms with Gasteiger partial charge in [-0.05, 0) is 56.9 Å². The van der Waals surface area contributed by atoms with Crippen molar-refractivity contribution in [3.63, 3.8) is 0 Å². The minimum atomic E-state index is -1.41. The average Bonchev–Trinajstić information content (AvgIpc) is 2.89. The first-order valence-electron chi connectivity index (χ1n) is 10.3. The number of para-hydroxylation sites is 1. The summed E-state index contributed by atoms with van der Waals surface area (Å²) in [6, 6.07) is 13.9. The molecular formula is C23H26N6O. The zero-order chi connectivity index (χ0) is 21.3. The molecule has 2 aromatic carbocycles. The maximum absolute atomic E-state index is 13.9. The fourth-order valence-corrected chi connectivity index (χ4v) is 5.07. The van der Waals surface area contributed by atoms with E-state index in [1.807, 2.05) is 48.2 Å². The van der Waals surface area contributed by atoms with Crippen molar-refractivity contribution in [2.45, 2.75) is 51.2 Å². The van der Waals surface area contributed by atoms with E-state index in [2.05, 4.69) is 42.5 Å². The summed E-state index contributed by atoms with van der Waals surface area (Å²) in [5, 5.41) is 6.20. The molecule has 7 nitrogen and oxygen atoms in total. The van der Waals surface area contributed by atoms with Gasteiger partial charge in [-0.15, -0.1) is 0 Å². The molecule has 30 heavy (non-hydrogen) atoms. The number of carbonyl (C=O) groups excluding carboxylic acids is 1. The molecule has 0 fully saturated rings. The molecule has 1 amide bonds. The minimum absolute atomic E-state index is 0.155. The van der Waals surface area contributed by atoms with E-state index in [9.17, 15) is 4.79 Å². The van der Waals surface area contributed by atoms with Crippen molar-refractivity contribution in [3.8, 4) is 0 Å². The molecule has 0 saturated heterocycles. The molecule has 0 bridgehead atoms. The van der Waals surface area contributed by atoms with Crippen molar-refractivity contribution >= 4 is 29.2 Å². The maximum atomic E-state index is 13.9.